The second-order valence-electron chi connectivity index (χ2n) is 3.63. The lowest BCUT2D eigenvalue weighted by atomic mass is 10.2. The lowest BCUT2D eigenvalue weighted by Gasteiger charge is -2.04. The standard InChI is InChI=1S/C12H13BrN2S/c1-3-4-12-14-10(7-11(13)15-12)9-5-6-16-8(9)2/h5-7H,3-4H2,1-2H3. The number of rotatable bonds is 3. The topological polar surface area (TPSA) is 25.8 Å². The number of hydrogen-bond acceptors (Lipinski definition) is 3. The summed E-state index contributed by atoms with van der Waals surface area (Å²) in [6.45, 7) is 4.26. The van der Waals surface area contributed by atoms with Gasteiger partial charge in [0.05, 0.1) is 5.69 Å². The molecule has 0 aromatic carbocycles. The van der Waals surface area contributed by atoms with E-state index >= 15 is 0 Å². The van der Waals surface area contributed by atoms with E-state index in [1.807, 2.05) is 6.07 Å². The fourth-order valence-electron chi connectivity index (χ4n) is 1.59. The van der Waals surface area contributed by atoms with Gasteiger partial charge in [-0.05, 0) is 46.8 Å². The molecular formula is C12H13BrN2S. The molecule has 0 N–H and O–H groups in total. The number of thiophene rings is 1. The van der Waals surface area contributed by atoms with E-state index in [1.54, 1.807) is 11.3 Å². The molecule has 0 aliphatic carbocycles. The van der Waals surface area contributed by atoms with E-state index in [1.165, 1.54) is 10.4 Å². The van der Waals surface area contributed by atoms with Gasteiger partial charge in [-0.2, -0.15) is 0 Å². The number of halogens is 1. The van der Waals surface area contributed by atoms with Crippen LogP contribution in [-0.2, 0) is 6.42 Å². The van der Waals surface area contributed by atoms with Gasteiger partial charge in [-0.25, -0.2) is 9.97 Å². The van der Waals surface area contributed by atoms with E-state index in [0.717, 1.165) is 29.0 Å². The summed E-state index contributed by atoms with van der Waals surface area (Å²) in [5, 5.41) is 2.10. The fraction of sp³-hybridized carbons (Fsp3) is 0.333. The van der Waals surface area contributed by atoms with Crippen LogP contribution < -0.4 is 0 Å². The maximum absolute atomic E-state index is 4.59. The Bertz CT molecular complexity index is 494. The van der Waals surface area contributed by atoms with Crippen LogP contribution in [-0.4, -0.2) is 9.97 Å². The van der Waals surface area contributed by atoms with Crippen molar-refractivity contribution in [2.45, 2.75) is 26.7 Å². The first-order valence-electron chi connectivity index (χ1n) is 5.28. The second-order valence-corrected chi connectivity index (χ2v) is 5.57. The van der Waals surface area contributed by atoms with E-state index < -0.39 is 0 Å². The predicted molar refractivity (Wildman–Crippen MR) is 71.8 cm³/mol. The zero-order chi connectivity index (χ0) is 11.5. The third-order valence-electron chi connectivity index (χ3n) is 2.35. The van der Waals surface area contributed by atoms with Gasteiger partial charge in [0.1, 0.15) is 10.4 Å². The molecule has 2 nitrogen and oxygen atoms in total. The van der Waals surface area contributed by atoms with Crippen LogP contribution in [0.15, 0.2) is 22.1 Å². The van der Waals surface area contributed by atoms with Crippen molar-refractivity contribution in [1.82, 2.24) is 9.97 Å². The first-order chi connectivity index (χ1) is 7.70. The number of aromatic nitrogens is 2. The van der Waals surface area contributed by atoms with Gasteiger partial charge < -0.3 is 0 Å². The largest absolute Gasteiger partial charge is 0.233 e. The summed E-state index contributed by atoms with van der Waals surface area (Å²) >= 11 is 5.19. The molecule has 0 aliphatic rings. The summed E-state index contributed by atoms with van der Waals surface area (Å²) in [4.78, 5) is 10.3. The molecule has 0 spiro atoms. The lowest BCUT2D eigenvalue weighted by Crippen LogP contribution is -1.97. The Morgan fingerprint density at radius 1 is 1.38 bits per heavy atom. The molecule has 2 aromatic heterocycles. The fourth-order valence-corrected chi connectivity index (χ4v) is 2.72. The van der Waals surface area contributed by atoms with Crippen molar-refractivity contribution < 1.29 is 0 Å². The van der Waals surface area contributed by atoms with Crippen LogP contribution in [0.25, 0.3) is 11.3 Å². The molecular weight excluding hydrogens is 284 g/mol. The number of hydrogen-bond donors (Lipinski definition) is 0. The van der Waals surface area contributed by atoms with E-state index in [2.05, 4.69) is 51.2 Å². The van der Waals surface area contributed by atoms with Gasteiger partial charge in [0, 0.05) is 16.9 Å². The molecule has 0 saturated heterocycles. The third kappa shape index (κ3) is 2.50. The summed E-state index contributed by atoms with van der Waals surface area (Å²) in [5.74, 6) is 0.914. The average molecular weight is 297 g/mol. The van der Waals surface area contributed by atoms with E-state index in [-0.39, 0.29) is 0 Å². The highest BCUT2D eigenvalue weighted by Gasteiger charge is 2.08. The SMILES string of the molecule is CCCc1nc(Br)cc(-c2ccsc2C)n1. The summed E-state index contributed by atoms with van der Waals surface area (Å²) < 4.78 is 0.867. The third-order valence-corrected chi connectivity index (χ3v) is 3.60. The molecule has 2 aromatic rings. The minimum absolute atomic E-state index is 0.867. The zero-order valence-corrected chi connectivity index (χ0v) is 11.7. The van der Waals surface area contributed by atoms with Crippen LogP contribution in [0, 0.1) is 6.92 Å². The second kappa shape index (κ2) is 5.06. The van der Waals surface area contributed by atoms with Crippen LogP contribution in [0.3, 0.4) is 0 Å². The van der Waals surface area contributed by atoms with Crippen LogP contribution in [0.5, 0.6) is 0 Å². The maximum atomic E-state index is 4.59. The molecule has 0 radical (unpaired) electrons. The molecule has 0 atom stereocenters. The van der Waals surface area contributed by atoms with Gasteiger partial charge in [0.25, 0.3) is 0 Å². The quantitative estimate of drug-likeness (QED) is 0.792. The van der Waals surface area contributed by atoms with E-state index in [0.29, 0.717) is 0 Å². The Kier molecular flexibility index (Phi) is 3.71. The Morgan fingerprint density at radius 2 is 2.19 bits per heavy atom. The molecule has 84 valence electrons. The molecule has 2 heterocycles. The first-order valence-corrected chi connectivity index (χ1v) is 6.96. The maximum Gasteiger partial charge on any atom is 0.130 e. The predicted octanol–water partition coefficient (Wildman–Crippen LogP) is 4.23. The molecule has 0 amide bonds. The smallest absolute Gasteiger partial charge is 0.130 e. The molecule has 0 saturated carbocycles. The number of nitrogens with zero attached hydrogens (tertiary/aromatic N) is 2. The molecule has 2 rings (SSSR count). The Morgan fingerprint density at radius 3 is 2.81 bits per heavy atom. The normalized spacial score (nSPS) is 10.7. The summed E-state index contributed by atoms with van der Waals surface area (Å²) in [7, 11) is 0. The van der Waals surface area contributed by atoms with Crippen molar-refractivity contribution in [1.29, 1.82) is 0 Å². The van der Waals surface area contributed by atoms with Crippen LogP contribution in [0.1, 0.15) is 24.0 Å². The van der Waals surface area contributed by atoms with Crippen molar-refractivity contribution in [3.05, 3.63) is 32.8 Å². The lowest BCUT2D eigenvalue weighted by molar-refractivity contribution is 0.831. The van der Waals surface area contributed by atoms with E-state index in [9.17, 15) is 0 Å². The average Bonchev–Trinajstić information content (AvgIpc) is 2.64. The van der Waals surface area contributed by atoms with Crippen LogP contribution >= 0.6 is 27.3 Å². The molecule has 0 fully saturated rings. The highest BCUT2D eigenvalue weighted by Crippen LogP contribution is 2.27. The summed E-state index contributed by atoms with van der Waals surface area (Å²) in [6, 6.07) is 4.10. The molecule has 0 aliphatic heterocycles. The Hall–Kier alpha value is -0.740. The van der Waals surface area contributed by atoms with Crippen molar-refractivity contribution >= 4 is 27.3 Å². The van der Waals surface area contributed by atoms with Crippen LogP contribution in [0.2, 0.25) is 0 Å². The highest BCUT2D eigenvalue weighted by molar-refractivity contribution is 9.10. The van der Waals surface area contributed by atoms with Gasteiger partial charge in [0.15, 0.2) is 0 Å². The molecule has 4 heteroatoms. The van der Waals surface area contributed by atoms with Crippen molar-refractivity contribution in [3.8, 4) is 11.3 Å². The van der Waals surface area contributed by atoms with Gasteiger partial charge in [0.2, 0.25) is 0 Å². The van der Waals surface area contributed by atoms with Crippen molar-refractivity contribution in [2.75, 3.05) is 0 Å². The summed E-state index contributed by atoms with van der Waals surface area (Å²) in [5.41, 5.74) is 2.23. The van der Waals surface area contributed by atoms with Gasteiger partial charge in [-0.15, -0.1) is 11.3 Å². The minimum atomic E-state index is 0.867. The van der Waals surface area contributed by atoms with Crippen LogP contribution in [0.4, 0.5) is 0 Å². The van der Waals surface area contributed by atoms with Crippen molar-refractivity contribution in [2.24, 2.45) is 0 Å². The molecule has 0 bridgehead atoms. The zero-order valence-electron chi connectivity index (χ0n) is 9.33. The van der Waals surface area contributed by atoms with E-state index in [4.69, 9.17) is 0 Å². The number of aryl methyl sites for hydroxylation is 2. The van der Waals surface area contributed by atoms with Gasteiger partial charge in [-0.3, -0.25) is 0 Å². The molecule has 0 unspecified atom stereocenters. The van der Waals surface area contributed by atoms with Gasteiger partial charge >= 0.3 is 0 Å². The Labute approximate surface area is 108 Å². The van der Waals surface area contributed by atoms with Crippen molar-refractivity contribution in [3.63, 3.8) is 0 Å². The van der Waals surface area contributed by atoms with Gasteiger partial charge in [-0.1, -0.05) is 6.92 Å². The Balaban J connectivity index is 2.45. The first kappa shape index (κ1) is 11.7. The molecule has 16 heavy (non-hydrogen) atoms. The minimum Gasteiger partial charge on any atom is -0.233 e. The summed E-state index contributed by atoms with van der Waals surface area (Å²) in [6.07, 6.45) is 1.99. The monoisotopic (exact) mass is 296 g/mol. The highest BCUT2D eigenvalue weighted by atomic mass is 79.9.